The molecule has 0 aliphatic carbocycles. The summed E-state index contributed by atoms with van der Waals surface area (Å²) < 4.78 is 11.6. The van der Waals surface area contributed by atoms with Crippen LogP contribution in [-0.4, -0.2) is 58.4 Å². The first kappa shape index (κ1) is 21.2. The Kier molecular flexibility index (Phi) is 6.41. The Morgan fingerprint density at radius 2 is 1.94 bits per heavy atom. The Bertz CT molecular complexity index is 1000. The van der Waals surface area contributed by atoms with Gasteiger partial charge >= 0.3 is 0 Å². The molecule has 162 valence electrons. The van der Waals surface area contributed by atoms with E-state index in [1.807, 2.05) is 13.8 Å². The van der Waals surface area contributed by atoms with Crippen molar-refractivity contribution in [1.29, 1.82) is 0 Å². The maximum Gasteiger partial charge on any atom is 0.257 e. The molecule has 4 rings (SSSR count). The molecule has 2 amide bonds. The van der Waals surface area contributed by atoms with Crippen LogP contribution in [0.15, 0.2) is 41.5 Å². The summed E-state index contributed by atoms with van der Waals surface area (Å²) in [7, 11) is 0. The third-order valence-corrected chi connectivity index (χ3v) is 5.56. The maximum absolute atomic E-state index is 12.7. The highest BCUT2D eigenvalue weighted by molar-refractivity contribution is 8.14. The van der Waals surface area contributed by atoms with E-state index in [2.05, 4.69) is 15.3 Å². The van der Waals surface area contributed by atoms with Gasteiger partial charge in [-0.15, -0.1) is 0 Å². The quantitative estimate of drug-likeness (QED) is 0.741. The Morgan fingerprint density at radius 3 is 2.55 bits per heavy atom. The molecule has 9 heteroatoms. The van der Waals surface area contributed by atoms with Crippen molar-refractivity contribution in [3.63, 3.8) is 0 Å². The number of pyridine rings is 1. The lowest BCUT2D eigenvalue weighted by Gasteiger charge is -2.30. The molecule has 1 fully saturated rings. The van der Waals surface area contributed by atoms with Gasteiger partial charge in [0.15, 0.2) is 5.17 Å². The van der Waals surface area contributed by atoms with E-state index in [0.717, 1.165) is 25.3 Å². The van der Waals surface area contributed by atoms with E-state index in [-0.39, 0.29) is 17.9 Å². The second-order valence-corrected chi connectivity index (χ2v) is 8.57. The van der Waals surface area contributed by atoms with Gasteiger partial charge in [0.25, 0.3) is 11.8 Å². The normalized spacial score (nSPS) is 15.3. The molecule has 1 aromatic carbocycles. The van der Waals surface area contributed by atoms with Crippen molar-refractivity contribution in [3.05, 3.63) is 47.7 Å². The number of thioether (sulfide) groups is 1. The number of rotatable bonds is 6. The monoisotopic (exact) mass is 440 g/mol. The molecule has 3 heterocycles. The molecule has 0 spiro atoms. The lowest BCUT2D eigenvalue weighted by atomic mass is 10.1. The average molecular weight is 441 g/mol. The van der Waals surface area contributed by atoms with E-state index >= 15 is 0 Å². The van der Waals surface area contributed by atoms with E-state index in [1.54, 1.807) is 35.2 Å². The summed E-state index contributed by atoms with van der Waals surface area (Å²) in [5.41, 5.74) is 0.923. The molecule has 0 unspecified atom stereocenters. The number of nitrogens with one attached hydrogen (secondary N) is 1. The minimum Gasteiger partial charge on any atom is -0.491 e. The number of ether oxygens (including phenoxy) is 2. The summed E-state index contributed by atoms with van der Waals surface area (Å²) >= 11 is 1.51. The van der Waals surface area contributed by atoms with E-state index < -0.39 is 0 Å². The third kappa shape index (κ3) is 5.35. The van der Waals surface area contributed by atoms with E-state index in [0.29, 0.717) is 40.2 Å². The zero-order valence-electron chi connectivity index (χ0n) is 17.5. The number of aliphatic imine (C=N–C) groups is 1. The van der Waals surface area contributed by atoms with Crippen LogP contribution in [0, 0.1) is 0 Å². The topological polar surface area (TPSA) is 93.1 Å². The highest BCUT2D eigenvalue weighted by Gasteiger charge is 2.22. The zero-order valence-corrected chi connectivity index (χ0v) is 18.3. The Labute approximate surface area is 185 Å². The number of aromatic nitrogens is 1. The number of carbonyl (C=O) groups excluding carboxylic acids is 2. The fourth-order valence-corrected chi connectivity index (χ4v) is 3.80. The molecule has 0 bridgehead atoms. The molecule has 0 radical (unpaired) electrons. The predicted octanol–water partition coefficient (Wildman–Crippen LogP) is 3.34. The van der Waals surface area contributed by atoms with Gasteiger partial charge in [-0.25, -0.2) is 4.98 Å². The number of nitrogens with zero attached hydrogens (tertiary/aromatic N) is 3. The molecule has 0 atom stereocenters. The summed E-state index contributed by atoms with van der Waals surface area (Å²) in [6, 6.07) is 8.35. The number of amides is 2. The zero-order chi connectivity index (χ0) is 21.8. The number of likely N-dealkylation sites (tertiary alicyclic amines) is 1. The Morgan fingerprint density at radius 1 is 1.13 bits per heavy atom. The lowest BCUT2D eigenvalue weighted by Crippen LogP contribution is -2.42. The van der Waals surface area contributed by atoms with Crippen LogP contribution in [0.1, 0.15) is 41.0 Å². The van der Waals surface area contributed by atoms with Gasteiger partial charge in [-0.3, -0.25) is 14.6 Å². The van der Waals surface area contributed by atoms with E-state index in [4.69, 9.17) is 9.47 Å². The number of amidine groups is 1. The smallest absolute Gasteiger partial charge is 0.257 e. The molecular weight excluding hydrogens is 416 g/mol. The molecule has 8 nitrogen and oxygen atoms in total. The van der Waals surface area contributed by atoms with Crippen molar-refractivity contribution < 1.29 is 19.1 Å². The Hall–Kier alpha value is -3.07. The van der Waals surface area contributed by atoms with Crippen LogP contribution in [0.5, 0.6) is 17.4 Å². The summed E-state index contributed by atoms with van der Waals surface area (Å²) in [6.45, 7) is 6.09. The predicted molar refractivity (Wildman–Crippen MR) is 119 cm³/mol. The van der Waals surface area contributed by atoms with Gasteiger partial charge in [0.2, 0.25) is 5.88 Å². The van der Waals surface area contributed by atoms with Crippen molar-refractivity contribution in [2.24, 2.45) is 4.99 Å². The van der Waals surface area contributed by atoms with E-state index in [1.165, 1.54) is 18.0 Å². The van der Waals surface area contributed by atoms with Crippen LogP contribution in [-0.2, 0) is 0 Å². The highest BCUT2D eigenvalue weighted by atomic mass is 32.2. The van der Waals surface area contributed by atoms with Crippen LogP contribution in [0.2, 0.25) is 0 Å². The lowest BCUT2D eigenvalue weighted by molar-refractivity contribution is 0.0651. The van der Waals surface area contributed by atoms with Crippen LogP contribution in [0.25, 0.3) is 0 Å². The third-order valence-electron chi connectivity index (χ3n) is 4.67. The molecule has 2 aliphatic heterocycles. The van der Waals surface area contributed by atoms with Crippen molar-refractivity contribution in [2.45, 2.75) is 26.4 Å². The molecule has 1 aromatic heterocycles. The van der Waals surface area contributed by atoms with Gasteiger partial charge in [-0.2, -0.15) is 0 Å². The van der Waals surface area contributed by atoms with Gasteiger partial charge in [-0.1, -0.05) is 11.8 Å². The van der Waals surface area contributed by atoms with Crippen LogP contribution >= 0.6 is 11.8 Å². The summed E-state index contributed by atoms with van der Waals surface area (Å²) in [5.74, 6) is 1.81. The molecule has 1 N–H and O–H groups in total. The number of hydrogen-bond donors (Lipinski definition) is 1. The molecule has 1 saturated heterocycles. The average Bonchev–Trinajstić information content (AvgIpc) is 3.19. The Balaban J connectivity index is 1.52. The fourth-order valence-electron chi connectivity index (χ4n) is 3.07. The van der Waals surface area contributed by atoms with Crippen LogP contribution < -0.4 is 14.8 Å². The molecule has 0 saturated carbocycles. The first-order valence-electron chi connectivity index (χ1n) is 10.2. The number of hydrogen-bond acceptors (Lipinski definition) is 7. The summed E-state index contributed by atoms with van der Waals surface area (Å²) in [5, 5.41) is 3.43. The van der Waals surface area contributed by atoms with E-state index in [9.17, 15) is 9.59 Å². The molecular formula is C22H24N4O4S. The second-order valence-electron chi connectivity index (χ2n) is 7.48. The molecule has 31 heavy (non-hydrogen) atoms. The standard InChI is InChI=1S/C22H24N4O4S/c1-14(2)29-17-10-16(20(27)25-22-23-6-9-31-22)11-18(12-17)30-19-5-4-15(13-24-19)21(28)26-7-3-8-26/h4-5,10-14H,3,6-9H2,1-2H3,(H,23,25,27). The van der Waals surface area contributed by atoms with Gasteiger partial charge < -0.3 is 19.7 Å². The van der Waals surface area contributed by atoms with Gasteiger partial charge in [0, 0.05) is 42.7 Å². The van der Waals surface area contributed by atoms with Gasteiger partial charge in [0.05, 0.1) is 18.2 Å². The first-order valence-corrected chi connectivity index (χ1v) is 11.2. The minimum absolute atomic E-state index is 0.0238. The molecule has 2 aliphatic rings. The highest BCUT2D eigenvalue weighted by Crippen LogP contribution is 2.28. The minimum atomic E-state index is -0.282. The van der Waals surface area contributed by atoms with Crippen molar-refractivity contribution >= 4 is 28.7 Å². The van der Waals surface area contributed by atoms with Crippen LogP contribution in [0.3, 0.4) is 0 Å². The van der Waals surface area contributed by atoms with Crippen LogP contribution in [0.4, 0.5) is 0 Å². The number of benzene rings is 1. The number of carbonyl (C=O) groups is 2. The van der Waals surface area contributed by atoms with Gasteiger partial charge in [0.1, 0.15) is 11.5 Å². The maximum atomic E-state index is 12.7. The fraction of sp³-hybridized carbons (Fsp3) is 0.364. The molecule has 2 aromatic rings. The summed E-state index contributed by atoms with van der Waals surface area (Å²) in [4.78, 5) is 35.2. The SMILES string of the molecule is CC(C)Oc1cc(Oc2ccc(C(=O)N3CCC3)cn2)cc(C(=O)NC2=NCCS2)c1. The van der Waals surface area contributed by atoms with Crippen molar-refractivity contribution in [3.8, 4) is 17.4 Å². The van der Waals surface area contributed by atoms with Gasteiger partial charge in [-0.05, 0) is 38.5 Å². The van der Waals surface area contributed by atoms with Crippen molar-refractivity contribution in [2.75, 3.05) is 25.4 Å². The second kappa shape index (κ2) is 9.38. The largest absolute Gasteiger partial charge is 0.491 e. The first-order chi connectivity index (χ1) is 15.0. The summed E-state index contributed by atoms with van der Waals surface area (Å²) in [6.07, 6.45) is 2.48. The van der Waals surface area contributed by atoms with Crippen molar-refractivity contribution in [1.82, 2.24) is 15.2 Å².